The lowest BCUT2D eigenvalue weighted by atomic mass is 10.1. The predicted octanol–water partition coefficient (Wildman–Crippen LogP) is 0.316. The topological polar surface area (TPSA) is 75.3 Å². The zero-order chi connectivity index (χ0) is 13.8. The molecule has 1 heterocycles. The van der Waals surface area contributed by atoms with Gasteiger partial charge in [-0.1, -0.05) is 0 Å². The van der Waals surface area contributed by atoms with Gasteiger partial charge in [0.05, 0.1) is 11.5 Å². The molecule has 0 aromatic carbocycles. The van der Waals surface area contributed by atoms with Crippen molar-refractivity contribution < 1.29 is 13.2 Å². The molecular weight excluding hydrogens is 252 g/mol. The lowest BCUT2D eigenvalue weighted by molar-refractivity contribution is -0.121. The quantitative estimate of drug-likeness (QED) is 0.758. The Balaban J connectivity index is 2.15. The molecule has 106 valence electrons. The number of carbonyl (C=O) groups excluding carboxylic acids is 1. The molecule has 1 unspecified atom stereocenters. The van der Waals surface area contributed by atoms with E-state index in [-0.39, 0.29) is 28.9 Å². The van der Waals surface area contributed by atoms with E-state index in [9.17, 15) is 13.2 Å². The Kier molecular flexibility index (Phi) is 5.16. The minimum Gasteiger partial charge on any atom is -0.356 e. The van der Waals surface area contributed by atoms with E-state index in [2.05, 4.69) is 10.6 Å². The molecule has 1 aliphatic rings. The molecule has 6 heteroatoms. The smallest absolute Gasteiger partial charge is 0.221 e. The standard InChI is InChI=1S/C12H24N2O3S/c1-12(2,3)14-6-4-11(15)13-8-10-5-7-18(16,17)9-10/h10,14H,4-9H2,1-3H3,(H,13,15). The molecule has 18 heavy (non-hydrogen) atoms. The average molecular weight is 276 g/mol. The fourth-order valence-corrected chi connectivity index (χ4v) is 3.79. The van der Waals surface area contributed by atoms with Crippen LogP contribution in [0.3, 0.4) is 0 Å². The maximum Gasteiger partial charge on any atom is 0.221 e. The highest BCUT2D eigenvalue weighted by atomic mass is 32.2. The SMILES string of the molecule is CC(C)(C)NCCC(=O)NCC1CCS(=O)(=O)C1. The van der Waals surface area contributed by atoms with Crippen molar-refractivity contribution in [1.29, 1.82) is 0 Å². The van der Waals surface area contributed by atoms with E-state index in [0.29, 0.717) is 25.9 Å². The molecule has 1 amide bonds. The van der Waals surface area contributed by atoms with Crippen LogP contribution >= 0.6 is 0 Å². The second-order valence-corrected chi connectivity index (χ2v) is 8.23. The van der Waals surface area contributed by atoms with Crippen molar-refractivity contribution in [2.75, 3.05) is 24.6 Å². The first-order chi connectivity index (χ1) is 8.18. The van der Waals surface area contributed by atoms with E-state index in [1.807, 2.05) is 20.8 Å². The summed E-state index contributed by atoms with van der Waals surface area (Å²) >= 11 is 0. The lowest BCUT2D eigenvalue weighted by Crippen LogP contribution is -2.39. The van der Waals surface area contributed by atoms with Gasteiger partial charge < -0.3 is 10.6 Å². The number of amides is 1. The first-order valence-electron chi connectivity index (χ1n) is 6.40. The second-order valence-electron chi connectivity index (χ2n) is 6.00. The van der Waals surface area contributed by atoms with Crippen molar-refractivity contribution in [3.05, 3.63) is 0 Å². The number of hydrogen-bond acceptors (Lipinski definition) is 4. The first-order valence-corrected chi connectivity index (χ1v) is 8.22. The van der Waals surface area contributed by atoms with Crippen LogP contribution in [-0.2, 0) is 14.6 Å². The Morgan fingerprint density at radius 2 is 2.00 bits per heavy atom. The van der Waals surface area contributed by atoms with Gasteiger partial charge in [-0.3, -0.25) is 4.79 Å². The Hall–Kier alpha value is -0.620. The Morgan fingerprint density at radius 1 is 1.33 bits per heavy atom. The van der Waals surface area contributed by atoms with Gasteiger partial charge in [0.25, 0.3) is 0 Å². The van der Waals surface area contributed by atoms with Gasteiger partial charge in [0.2, 0.25) is 5.91 Å². The molecule has 1 aliphatic heterocycles. The van der Waals surface area contributed by atoms with E-state index < -0.39 is 9.84 Å². The van der Waals surface area contributed by atoms with Gasteiger partial charge in [-0.15, -0.1) is 0 Å². The first kappa shape index (κ1) is 15.4. The maximum atomic E-state index is 11.5. The van der Waals surface area contributed by atoms with Crippen molar-refractivity contribution >= 4 is 15.7 Å². The highest BCUT2D eigenvalue weighted by Crippen LogP contribution is 2.17. The van der Waals surface area contributed by atoms with E-state index in [1.165, 1.54) is 0 Å². The van der Waals surface area contributed by atoms with Crippen molar-refractivity contribution in [2.24, 2.45) is 5.92 Å². The largest absolute Gasteiger partial charge is 0.356 e. The maximum absolute atomic E-state index is 11.5. The van der Waals surface area contributed by atoms with Crippen LogP contribution in [-0.4, -0.2) is 44.5 Å². The normalized spacial score (nSPS) is 22.9. The van der Waals surface area contributed by atoms with Crippen LogP contribution in [0.1, 0.15) is 33.6 Å². The number of rotatable bonds is 5. The van der Waals surface area contributed by atoms with Crippen molar-refractivity contribution in [1.82, 2.24) is 10.6 Å². The highest BCUT2D eigenvalue weighted by molar-refractivity contribution is 7.91. The Morgan fingerprint density at radius 3 is 2.50 bits per heavy atom. The third-order valence-corrected chi connectivity index (χ3v) is 4.76. The molecule has 0 aromatic heterocycles. The van der Waals surface area contributed by atoms with E-state index in [0.717, 1.165) is 0 Å². The number of carbonyl (C=O) groups is 1. The molecule has 1 rings (SSSR count). The summed E-state index contributed by atoms with van der Waals surface area (Å²) in [5.74, 6) is 0.553. The minimum absolute atomic E-state index is 0.0137. The summed E-state index contributed by atoms with van der Waals surface area (Å²) in [6.07, 6.45) is 1.10. The molecule has 0 bridgehead atoms. The molecule has 1 fully saturated rings. The van der Waals surface area contributed by atoms with Gasteiger partial charge >= 0.3 is 0 Å². The van der Waals surface area contributed by atoms with Crippen molar-refractivity contribution in [2.45, 2.75) is 39.2 Å². The van der Waals surface area contributed by atoms with Crippen LogP contribution < -0.4 is 10.6 Å². The Bertz CT molecular complexity index is 385. The van der Waals surface area contributed by atoms with Crippen LogP contribution in [0.2, 0.25) is 0 Å². The van der Waals surface area contributed by atoms with Crippen LogP contribution in [0.5, 0.6) is 0 Å². The number of hydrogen-bond donors (Lipinski definition) is 2. The second kappa shape index (κ2) is 6.02. The number of sulfone groups is 1. The molecule has 0 aromatic rings. The zero-order valence-electron chi connectivity index (χ0n) is 11.5. The molecule has 0 spiro atoms. The third kappa shape index (κ3) is 6.35. The highest BCUT2D eigenvalue weighted by Gasteiger charge is 2.27. The molecule has 1 saturated heterocycles. The van der Waals surface area contributed by atoms with Gasteiger partial charge in [0.1, 0.15) is 0 Å². The molecular formula is C12H24N2O3S. The van der Waals surface area contributed by atoms with E-state index in [1.54, 1.807) is 0 Å². The van der Waals surface area contributed by atoms with E-state index in [4.69, 9.17) is 0 Å². The lowest BCUT2D eigenvalue weighted by Gasteiger charge is -2.20. The monoisotopic (exact) mass is 276 g/mol. The van der Waals surface area contributed by atoms with Gasteiger partial charge in [-0.05, 0) is 33.1 Å². The third-order valence-electron chi connectivity index (χ3n) is 2.92. The molecule has 1 atom stereocenters. The summed E-state index contributed by atoms with van der Waals surface area (Å²) in [6, 6.07) is 0. The summed E-state index contributed by atoms with van der Waals surface area (Å²) in [7, 11) is -2.84. The fraction of sp³-hybridized carbons (Fsp3) is 0.917. The van der Waals surface area contributed by atoms with Crippen LogP contribution in [0.25, 0.3) is 0 Å². The summed E-state index contributed by atoms with van der Waals surface area (Å²) in [5, 5.41) is 6.04. The fourth-order valence-electron chi connectivity index (χ4n) is 1.93. The van der Waals surface area contributed by atoms with Crippen LogP contribution in [0.4, 0.5) is 0 Å². The van der Waals surface area contributed by atoms with Gasteiger partial charge in [0.15, 0.2) is 9.84 Å². The Labute approximate surface area is 110 Å². The van der Waals surface area contributed by atoms with Gasteiger partial charge in [-0.2, -0.15) is 0 Å². The van der Waals surface area contributed by atoms with Crippen LogP contribution in [0, 0.1) is 5.92 Å². The summed E-state index contributed by atoms with van der Waals surface area (Å²) in [5.41, 5.74) is 0.0137. The molecule has 0 radical (unpaired) electrons. The van der Waals surface area contributed by atoms with Gasteiger partial charge in [-0.25, -0.2) is 8.42 Å². The zero-order valence-corrected chi connectivity index (χ0v) is 12.3. The molecule has 0 saturated carbocycles. The minimum atomic E-state index is -2.84. The number of nitrogens with one attached hydrogen (secondary N) is 2. The van der Waals surface area contributed by atoms with Crippen molar-refractivity contribution in [3.8, 4) is 0 Å². The predicted molar refractivity (Wildman–Crippen MR) is 72.1 cm³/mol. The van der Waals surface area contributed by atoms with Crippen LogP contribution in [0.15, 0.2) is 0 Å². The summed E-state index contributed by atoms with van der Waals surface area (Å²) < 4.78 is 22.5. The van der Waals surface area contributed by atoms with Gasteiger partial charge in [0, 0.05) is 25.0 Å². The molecule has 0 aliphatic carbocycles. The van der Waals surface area contributed by atoms with E-state index >= 15 is 0 Å². The average Bonchev–Trinajstić information content (AvgIpc) is 2.53. The molecule has 2 N–H and O–H groups in total. The van der Waals surface area contributed by atoms with Crippen molar-refractivity contribution in [3.63, 3.8) is 0 Å². The molecule has 5 nitrogen and oxygen atoms in total. The summed E-state index contributed by atoms with van der Waals surface area (Å²) in [6.45, 7) is 7.27. The summed E-state index contributed by atoms with van der Waals surface area (Å²) in [4.78, 5) is 11.5.